The molecule has 0 unspecified atom stereocenters. The molecule has 0 radical (unpaired) electrons. The summed E-state index contributed by atoms with van der Waals surface area (Å²) in [6.45, 7) is 9.35. The molecule has 1 aromatic rings. The van der Waals surface area contributed by atoms with Gasteiger partial charge in [-0.25, -0.2) is 0 Å². The summed E-state index contributed by atoms with van der Waals surface area (Å²) in [6.07, 6.45) is 0. The lowest BCUT2D eigenvalue weighted by molar-refractivity contribution is 0.666. The lowest BCUT2D eigenvalue weighted by Crippen LogP contribution is -2.09. The standard InChI is InChI=1S/C14H22N2S/c1-10(2)8-16-14(15)17-9-13-7-11(3)5-6-12(13)4/h5-7,10H,8-9H2,1-4H3,(H2,15,16). The molecule has 0 amide bonds. The van der Waals surface area contributed by atoms with Crippen LogP contribution in [0.25, 0.3) is 0 Å². The SMILES string of the molecule is Cc1ccc(C)c(CSC(N)=NCC(C)C)c1. The van der Waals surface area contributed by atoms with Crippen molar-refractivity contribution in [3.8, 4) is 0 Å². The predicted octanol–water partition coefficient (Wildman–Crippen LogP) is 3.51. The zero-order valence-electron chi connectivity index (χ0n) is 11.2. The van der Waals surface area contributed by atoms with E-state index in [0.717, 1.165) is 12.3 Å². The maximum atomic E-state index is 5.87. The summed E-state index contributed by atoms with van der Waals surface area (Å²) in [5.41, 5.74) is 9.83. The van der Waals surface area contributed by atoms with Crippen molar-refractivity contribution in [2.75, 3.05) is 6.54 Å². The molecule has 1 rings (SSSR count). The van der Waals surface area contributed by atoms with Gasteiger partial charge in [-0.3, -0.25) is 4.99 Å². The second-order valence-electron chi connectivity index (χ2n) is 4.79. The number of hydrogen-bond acceptors (Lipinski definition) is 2. The molecule has 0 heterocycles. The van der Waals surface area contributed by atoms with Crippen LogP contribution in [0.3, 0.4) is 0 Å². The molecule has 0 atom stereocenters. The van der Waals surface area contributed by atoms with Crippen molar-refractivity contribution in [2.24, 2.45) is 16.6 Å². The van der Waals surface area contributed by atoms with Crippen LogP contribution in [-0.4, -0.2) is 11.7 Å². The van der Waals surface area contributed by atoms with Crippen LogP contribution in [0.15, 0.2) is 23.2 Å². The zero-order chi connectivity index (χ0) is 12.8. The van der Waals surface area contributed by atoms with E-state index >= 15 is 0 Å². The minimum Gasteiger partial charge on any atom is -0.379 e. The molecule has 0 saturated heterocycles. The van der Waals surface area contributed by atoms with Gasteiger partial charge < -0.3 is 5.73 Å². The molecule has 0 bridgehead atoms. The van der Waals surface area contributed by atoms with Gasteiger partial charge in [0.25, 0.3) is 0 Å². The van der Waals surface area contributed by atoms with E-state index in [1.165, 1.54) is 16.7 Å². The fourth-order valence-corrected chi connectivity index (χ4v) is 2.21. The molecule has 17 heavy (non-hydrogen) atoms. The van der Waals surface area contributed by atoms with Gasteiger partial charge in [-0.05, 0) is 30.9 Å². The van der Waals surface area contributed by atoms with Crippen LogP contribution >= 0.6 is 11.8 Å². The monoisotopic (exact) mass is 250 g/mol. The minimum atomic E-state index is 0.565. The van der Waals surface area contributed by atoms with Gasteiger partial charge in [0.2, 0.25) is 0 Å². The Morgan fingerprint density at radius 1 is 1.35 bits per heavy atom. The minimum absolute atomic E-state index is 0.565. The summed E-state index contributed by atoms with van der Waals surface area (Å²) in [5, 5.41) is 0.694. The van der Waals surface area contributed by atoms with Crippen LogP contribution in [0.1, 0.15) is 30.5 Å². The van der Waals surface area contributed by atoms with E-state index in [-0.39, 0.29) is 0 Å². The number of nitrogens with zero attached hydrogens (tertiary/aromatic N) is 1. The van der Waals surface area contributed by atoms with Crippen LogP contribution < -0.4 is 5.73 Å². The van der Waals surface area contributed by atoms with E-state index in [4.69, 9.17) is 5.73 Å². The summed E-state index contributed by atoms with van der Waals surface area (Å²) in [4.78, 5) is 4.35. The molecule has 0 aliphatic carbocycles. The lowest BCUT2D eigenvalue weighted by Gasteiger charge is -2.07. The highest BCUT2D eigenvalue weighted by molar-refractivity contribution is 8.13. The summed E-state index contributed by atoms with van der Waals surface area (Å²) in [6, 6.07) is 6.52. The van der Waals surface area contributed by atoms with Crippen molar-refractivity contribution < 1.29 is 0 Å². The molecule has 0 saturated carbocycles. The molecule has 3 heteroatoms. The van der Waals surface area contributed by atoms with Crippen molar-refractivity contribution >= 4 is 16.9 Å². The maximum Gasteiger partial charge on any atom is 0.154 e. The smallest absolute Gasteiger partial charge is 0.154 e. The van der Waals surface area contributed by atoms with Gasteiger partial charge in [-0.15, -0.1) is 0 Å². The van der Waals surface area contributed by atoms with E-state index < -0.39 is 0 Å². The summed E-state index contributed by atoms with van der Waals surface area (Å²) < 4.78 is 0. The number of benzene rings is 1. The normalized spacial score (nSPS) is 12.2. The Labute approximate surface area is 109 Å². The van der Waals surface area contributed by atoms with Gasteiger partial charge >= 0.3 is 0 Å². The summed E-state index contributed by atoms with van der Waals surface area (Å²) in [7, 11) is 0. The Morgan fingerprint density at radius 2 is 2.06 bits per heavy atom. The zero-order valence-corrected chi connectivity index (χ0v) is 12.0. The predicted molar refractivity (Wildman–Crippen MR) is 78.5 cm³/mol. The molecule has 0 fully saturated rings. The van der Waals surface area contributed by atoms with Crippen molar-refractivity contribution in [2.45, 2.75) is 33.4 Å². The molecule has 94 valence electrons. The van der Waals surface area contributed by atoms with Crippen LogP contribution in [-0.2, 0) is 5.75 Å². The largest absolute Gasteiger partial charge is 0.379 e. The first-order valence-corrected chi connectivity index (χ1v) is 6.96. The number of nitrogens with two attached hydrogens (primary N) is 1. The molecule has 1 aromatic carbocycles. The van der Waals surface area contributed by atoms with E-state index in [1.54, 1.807) is 11.8 Å². The van der Waals surface area contributed by atoms with Crippen LogP contribution in [0, 0.1) is 19.8 Å². The van der Waals surface area contributed by atoms with Crippen LogP contribution in [0.5, 0.6) is 0 Å². The Bertz CT molecular complexity index is 397. The van der Waals surface area contributed by atoms with Crippen molar-refractivity contribution in [3.05, 3.63) is 34.9 Å². The van der Waals surface area contributed by atoms with Crippen molar-refractivity contribution in [1.82, 2.24) is 0 Å². The van der Waals surface area contributed by atoms with Crippen LogP contribution in [0.2, 0.25) is 0 Å². The van der Waals surface area contributed by atoms with Crippen molar-refractivity contribution in [3.63, 3.8) is 0 Å². The number of aliphatic imine (C=N–C) groups is 1. The molecule has 2 N–H and O–H groups in total. The quantitative estimate of drug-likeness (QED) is 0.656. The number of rotatable bonds is 4. The summed E-state index contributed by atoms with van der Waals surface area (Å²) >= 11 is 1.62. The van der Waals surface area contributed by atoms with E-state index in [9.17, 15) is 0 Å². The highest BCUT2D eigenvalue weighted by atomic mass is 32.2. The Morgan fingerprint density at radius 3 is 2.71 bits per heavy atom. The molecule has 2 nitrogen and oxygen atoms in total. The van der Waals surface area contributed by atoms with Crippen LogP contribution in [0.4, 0.5) is 0 Å². The number of amidine groups is 1. The Balaban J connectivity index is 2.55. The number of hydrogen-bond donors (Lipinski definition) is 1. The molecule has 0 aliphatic rings. The second-order valence-corrected chi connectivity index (χ2v) is 5.79. The average molecular weight is 250 g/mol. The summed E-state index contributed by atoms with van der Waals surface area (Å²) in [5.74, 6) is 1.47. The third-order valence-corrected chi connectivity index (χ3v) is 3.37. The first-order chi connectivity index (χ1) is 7.99. The Hall–Kier alpha value is -0.960. The lowest BCUT2D eigenvalue weighted by atomic mass is 10.1. The van der Waals surface area contributed by atoms with E-state index in [1.807, 2.05) is 0 Å². The molecular weight excluding hydrogens is 228 g/mol. The van der Waals surface area contributed by atoms with Gasteiger partial charge in [0.15, 0.2) is 5.17 Å². The third-order valence-electron chi connectivity index (χ3n) is 2.49. The van der Waals surface area contributed by atoms with Gasteiger partial charge in [-0.1, -0.05) is 49.4 Å². The number of aryl methyl sites for hydroxylation is 2. The van der Waals surface area contributed by atoms with E-state index in [2.05, 4.69) is 50.9 Å². The first kappa shape index (κ1) is 14.1. The topological polar surface area (TPSA) is 38.4 Å². The molecular formula is C14H22N2S. The highest BCUT2D eigenvalue weighted by Crippen LogP contribution is 2.17. The Kier molecular flexibility index (Phi) is 5.56. The fourth-order valence-electron chi connectivity index (χ4n) is 1.43. The average Bonchev–Trinajstić information content (AvgIpc) is 2.27. The van der Waals surface area contributed by atoms with Gasteiger partial charge in [0, 0.05) is 12.3 Å². The molecule has 0 spiro atoms. The number of thioether (sulfide) groups is 1. The fraction of sp³-hybridized carbons (Fsp3) is 0.500. The second kappa shape index (κ2) is 6.70. The maximum absolute atomic E-state index is 5.87. The molecule has 0 aromatic heterocycles. The van der Waals surface area contributed by atoms with Crippen molar-refractivity contribution in [1.29, 1.82) is 0 Å². The van der Waals surface area contributed by atoms with Gasteiger partial charge in [-0.2, -0.15) is 0 Å². The van der Waals surface area contributed by atoms with Gasteiger partial charge in [0.05, 0.1) is 0 Å². The van der Waals surface area contributed by atoms with E-state index in [0.29, 0.717) is 11.1 Å². The third kappa shape index (κ3) is 5.26. The highest BCUT2D eigenvalue weighted by Gasteiger charge is 2.01. The first-order valence-electron chi connectivity index (χ1n) is 5.98. The van der Waals surface area contributed by atoms with Gasteiger partial charge in [0.1, 0.15) is 0 Å². The molecule has 0 aliphatic heterocycles.